The number of hydrogen-bond donors (Lipinski definition) is 1. The van der Waals surface area contributed by atoms with Crippen LogP contribution in [0, 0.1) is 0 Å². The molecule has 0 heterocycles. The summed E-state index contributed by atoms with van der Waals surface area (Å²) < 4.78 is 16.9. The van der Waals surface area contributed by atoms with Gasteiger partial charge in [-0.1, -0.05) is 18.2 Å². The highest BCUT2D eigenvalue weighted by molar-refractivity contribution is 5.50. The summed E-state index contributed by atoms with van der Waals surface area (Å²) in [5, 5.41) is 2.99. The van der Waals surface area contributed by atoms with Crippen molar-refractivity contribution in [2.24, 2.45) is 0 Å². The van der Waals surface area contributed by atoms with Crippen molar-refractivity contribution in [2.75, 3.05) is 25.6 Å². The van der Waals surface area contributed by atoms with Crippen molar-refractivity contribution in [1.82, 2.24) is 0 Å². The Balaban J connectivity index is 2.66. The zero-order chi connectivity index (χ0) is 9.52. The molecule has 72 valence electrons. The van der Waals surface area contributed by atoms with Gasteiger partial charge in [0.05, 0.1) is 6.61 Å². The van der Waals surface area contributed by atoms with E-state index in [9.17, 15) is 4.39 Å². The molecule has 3 heteroatoms. The molecule has 0 saturated heterocycles. The molecule has 13 heavy (non-hydrogen) atoms. The van der Waals surface area contributed by atoms with Gasteiger partial charge in [-0.2, -0.15) is 0 Å². The predicted octanol–water partition coefficient (Wildman–Crippen LogP) is 2.21. The van der Waals surface area contributed by atoms with Crippen LogP contribution in [0.1, 0.15) is 5.56 Å². The molecule has 0 unspecified atom stereocenters. The molecule has 0 spiro atoms. The van der Waals surface area contributed by atoms with E-state index in [1.807, 2.05) is 24.3 Å². The van der Waals surface area contributed by atoms with Crippen LogP contribution in [0.15, 0.2) is 24.3 Å². The van der Waals surface area contributed by atoms with E-state index < -0.39 is 0 Å². The van der Waals surface area contributed by atoms with Gasteiger partial charge in [-0.25, -0.2) is 4.39 Å². The van der Waals surface area contributed by atoms with Crippen LogP contribution in [0.3, 0.4) is 0 Å². The van der Waals surface area contributed by atoms with Crippen molar-refractivity contribution in [3.63, 3.8) is 0 Å². The highest BCUT2D eigenvalue weighted by Gasteiger charge is 1.99. The first-order valence-corrected chi connectivity index (χ1v) is 4.25. The van der Waals surface area contributed by atoms with Crippen LogP contribution in [0.4, 0.5) is 10.1 Å². The van der Waals surface area contributed by atoms with Crippen molar-refractivity contribution in [3.05, 3.63) is 29.8 Å². The topological polar surface area (TPSA) is 21.3 Å². The molecular formula is C10H14FNO. The van der Waals surface area contributed by atoms with Crippen LogP contribution in [-0.2, 0) is 11.3 Å². The number of halogens is 1. The molecule has 0 aromatic heterocycles. The lowest BCUT2D eigenvalue weighted by atomic mass is 10.2. The lowest BCUT2D eigenvalue weighted by Crippen LogP contribution is -2.05. The number of methoxy groups -OCH3 is 1. The van der Waals surface area contributed by atoms with Gasteiger partial charge in [0.25, 0.3) is 0 Å². The zero-order valence-corrected chi connectivity index (χ0v) is 7.72. The fourth-order valence-electron chi connectivity index (χ4n) is 1.16. The molecule has 1 aromatic rings. The highest BCUT2D eigenvalue weighted by Crippen LogP contribution is 2.15. The third kappa shape index (κ3) is 3.03. The number of para-hydroxylation sites is 1. The lowest BCUT2D eigenvalue weighted by molar-refractivity contribution is 0.185. The third-order valence-corrected chi connectivity index (χ3v) is 1.73. The molecule has 1 N–H and O–H groups in total. The highest BCUT2D eigenvalue weighted by atomic mass is 19.1. The van der Waals surface area contributed by atoms with E-state index in [0.29, 0.717) is 13.2 Å². The molecule has 0 aliphatic heterocycles. The Morgan fingerprint density at radius 3 is 2.85 bits per heavy atom. The molecule has 0 atom stereocenters. The fraction of sp³-hybridized carbons (Fsp3) is 0.400. The SMILES string of the molecule is COCc1ccccc1NCCF. The largest absolute Gasteiger partial charge is 0.382 e. The lowest BCUT2D eigenvalue weighted by Gasteiger charge is -2.09. The average Bonchev–Trinajstić information content (AvgIpc) is 2.17. The molecular weight excluding hydrogens is 169 g/mol. The first-order valence-electron chi connectivity index (χ1n) is 4.25. The molecule has 0 radical (unpaired) electrons. The molecule has 1 rings (SSSR count). The van der Waals surface area contributed by atoms with Crippen LogP contribution in [0.5, 0.6) is 0 Å². The van der Waals surface area contributed by atoms with Gasteiger partial charge in [-0.05, 0) is 6.07 Å². The number of anilines is 1. The summed E-state index contributed by atoms with van der Waals surface area (Å²) in [6, 6.07) is 7.74. The van der Waals surface area contributed by atoms with Crippen molar-refractivity contribution in [3.8, 4) is 0 Å². The number of nitrogens with one attached hydrogen (secondary N) is 1. The summed E-state index contributed by atoms with van der Waals surface area (Å²) in [5.74, 6) is 0. The third-order valence-electron chi connectivity index (χ3n) is 1.73. The molecule has 0 amide bonds. The summed E-state index contributed by atoms with van der Waals surface area (Å²) in [7, 11) is 1.64. The summed E-state index contributed by atoms with van der Waals surface area (Å²) >= 11 is 0. The summed E-state index contributed by atoms with van der Waals surface area (Å²) in [4.78, 5) is 0. The fourth-order valence-corrected chi connectivity index (χ4v) is 1.16. The van der Waals surface area contributed by atoms with Gasteiger partial charge in [0.1, 0.15) is 6.67 Å². The second kappa shape index (κ2) is 5.54. The predicted molar refractivity (Wildman–Crippen MR) is 51.6 cm³/mol. The minimum absolute atomic E-state index is 0.348. The van der Waals surface area contributed by atoms with Gasteiger partial charge >= 0.3 is 0 Å². The van der Waals surface area contributed by atoms with Crippen molar-refractivity contribution in [1.29, 1.82) is 0 Å². The second-order valence-electron chi connectivity index (χ2n) is 2.71. The molecule has 0 saturated carbocycles. The minimum atomic E-state index is -0.360. The van der Waals surface area contributed by atoms with E-state index in [1.54, 1.807) is 7.11 Å². The maximum Gasteiger partial charge on any atom is 0.107 e. The van der Waals surface area contributed by atoms with Crippen molar-refractivity contribution in [2.45, 2.75) is 6.61 Å². The van der Waals surface area contributed by atoms with E-state index in [4.69, 9.17) is 4.74 Å². The Morgan fingerprint density at radius 1 is 1.38 bits per heavy atom. The Kier molecular flexibility index (Phi) is 4.26. The average molecular weight is 183 g/mol. The first kappa shape index (κ1) is 9.99. The van der Waals surface area contributed by atoms with Gasteiger partial charge < -0.3 is 10.1 Å². The van der Waals surface area contributed by atoms with Gasteiger partial charge in [0.15, 0.2) is 0 Å². The quantitative estimate of drug-likeness (QED) is 0.755. The van der Waals surface area contributed by atoms with Gasteiger partial charge in [0.2, 0.25) is 0 Å². The number of benzene rings is 1. The number of rotatable bonds is 5. The Bertz CT molecular complexity index is 252. The van der Waals surface area contributed by atoms with E-state index in [2.05, 4.69) is 5.32 Å². The van der Waals surface area contributed by atoms with E-state index in [0.717, 1.165) is 11.3 Å². The van der Waals surface area contributed by atoms with Crippen molar-refractivity contribution >= 4 is 5.69 Å². The minimum Gasteiger partial charge on any atom is -0.382 e. The smallest absolute Gasteiger partial charge is 0.107 e. The number of ether oxygens (including phenoxy) is 1. The standard InChI is InChI=1S/C10H14FNO/c1-13-8-9-4-2-3-5-10(9)12-7-6-11/h2-5,12H,6-8H2,1H3. The molecule has 0 fully saturated rings. The molecule has 1 aromatic carbocycles. The molecule has 0 bridgehead atoms. The normalized spacial score (nSPS) is 10.0. The molecule has 2 nitrogen and oxygen atoms in total. The maximum atomic E-state index is 11.9. The summed E-state index contributed by atoms with van der Waals surface area (Å²) in [6.45, 7) is 0.539. The first-order chi connectivity index (χ1) is 6.38. The Morgan fingerprint density at radius 2 is 2.15 bits per heavy atom. The van der Waals surface area contributed by atoms with Gasteiger partial charge in [-0.15, -0.1) is 0 Å². The molecule has 0 aliphatic carbocycles. The number of hydrogen-bond acceptors (Lipinski definition) is 2. The van der Waals surface area contributed by atoms with Crippen LogP contribution >= 0.6 is 0 Å². The summed E-state index contributed by atoms with van der Waals surface area (Å²) in [6.07, 6.45) is 0. The molecule has 0 aliphatic rings. The Hall–Kier alpha value is -1.09. The van der Waals surface area contributed by atoms with E-state index >= 15 is 0 Å². The van der Waals surface area contributed by atoms with Gasteiger partial charge in [-0.3, -0.25) is 0 Å². The maximum absolute atomic E-state index is 11.9. The van der Waals surface area contributed by atoms with Crippen LogP contribution in [0.25, 0.3) is 0 Å². The Labute approximate surface area is 77.7 Å². The summed E-state index contributed by atoms with van der Waals surface area (Å²) in [5.41, 5.74) is 2.00. The van der Waals surface area contributed by atoms with Crippen LogP contribution in [-0.4, -0.2) is 20.3 Å². The second-order valence-corrected chi connectivity index (χ2v) is 2.71. The monoisotopic (exact) mass is 183 g/mol. The van der Waals surface area contributed by atoms with Crippen LogP contribution in [0.2, 0.25) is 0 Å². The van der Waals surface area contributed by atoms with E-state index in [-0.39, 0.29) is 6.67 Å². The van der Waals surface area contributed by atoms with Gasteiger partial charge in [0, 0.05) is 24.9 Å². The number of alkyl halides is 1. The van der Waals surface area contributed by atoms with Crippen molar-refractivity contribution < 1.29 is 9.13 Å². The van der Waals surface area contributed by atoms with E-state index in [1.165, 1.54) is 0 Å². The van der Waals surface area contributed by atoms with Crippen LogP contribution < -0.4 is 5.32 Å². The zero-order valence-electron chi connectivity index (χ0n) is 7.72.